The molecule has 142 valence electrons. The third-order valence-corrected chi connectivity index (χ3v) is 4.40. The van der Waals surface area contributed by atoms with Crippen molar-refractivity contribution in [3.63, 3.8) is 0 Å². The first-order chi connectivity index (χ1) is 14.1. The van der Waals surface area contributed by atoms with Gasteiger partial charge in [0.1, 0.15) is 0 Å². The van der Waals surface area contributed by atoms with Crippen LogP contribution in [0.4, 0.5) is 5.69 Å². The number of carbonyl (C=O) groups is 1. The lowest BCUT2D eigenvalue weighted by Gasteiger charge is -2.12. The smallest absolute Gasteiger partial charge is 0.263 e. The molecule has 0 aliphatic heterocycles. The van der Waals surface area contributed by atoms with Crippen LogP contribution in [0.1, 0.15) is 6.92 Å². The second kappa shape index (κ2) is 7.90. The summed E-state index contributed by atoms with van der Waals surface area (Å²) in [6.45, 7) is 1.45. The van der Waals surface area contributed by atoms with Crippen molar-refractivity contribution in [3.05, 3.63) is 95.8 Å². The minimum Gasteiger partial charge on any atom is -0.326 e. The molecule has 0 aliphatic carbocycles. The quantitative estimate of drug-likeness (QED) is 0.580. The van der Waals surface area contributed by atoms with Crippen LogP contribution in [0, 0.1) is 0 Å². The molecule has 0 radical (unpaired) electrons. The second-order valence-corrected chi connectivity index (χ2v) is 6.51. The molecule has 3 heterocycles. The van der Waals surface area contributed by atoms with Crippen LogP contribution >= 0.6 is 0 Å². The lowest BCUT2D eigenvalue weighted by Crippen LogP contribution is -2.20. The highest BCUT2D eigenvalue weighted by atomic mass is 16.1. The third kappa shape index (κ3) is 3.96. The maximum atomic E-state index is 13.3. The number of aromatic nitrogens is 3. The van der Waals surface area contributed by atoms with Gasteiger partial charge in [-0.25, -0.2) is 0 Å². The van der Waals surface area contributed by atoms with Crippen LogP contribution in [0.25, 0.3) is 28.1 Å². The average Bonchev–Trinajstić information content (AvgIpc) is 2.75. The van der Waals surface area contributed by atoms with Crippen LogP contribution in [-0.4, -0.2) is 20.4 Å². The molecule has 6 nitrogen and oxygen atoms in total. The van der Waals surface area contributed by atoms with E-state index in [1.54, 1.807) is 47.6 Å². The summed E-state index contributed by atoms with van der Waals surface area (Å²) in [4.78, 5) is 33.3. The summed E-state index contributed by atoms with van der Waals surface area (Å²) in [6, 6.07) is 18.3. The predicted molar refractivity (Wildman–Crippen MR) is 113 cm³/mol. The number of rotatable bonds is 4. The molecule has 0 aliphatic rings. The standard InChI is InChI=1S/C23H18N4O2/c1-16(28)26-19-7-4-6-17(12-19)21-13-18(22-9-2-3-11-25-22)15-27(23(21)29)20-8-5-10-24-14-20/h2-15H,1H3,(H,26,28). The van der Waals surface area contributed by atoms with Crippen molar-refractivity contribution in [2.24, 2.45) is 0 Å². The van der Waals surface area contributed by atoms with E-state index in [2.05, 4.69) is 15.3 Å². The van der Waals surface area contributed by atoms with Gasteiger partial charge in [0.15, 0.2) is 0 Å². The number of benzene rings is 1. The molecule has 29 heavy (non-hydrogen) atoms. The largest absolute Gasteiger partial charge is 0.326 e. The SMILES string of the molecule is CC(=O)Nc1cccc(-c2cc(-c3ccccn3)cn(-c3cccnc3)c2=O)c1. The van der Waals surface area contributed by atoms with E-state index in [0.29, 0.717) is 22.5 Å². The first-order valence-corrected chi connectivity index (χ1v) is 9.08. The lowest BCUT2D eigenvalue weighted by atomic mass is 10.0. The van der Waals surface area contributed by atoms with E-state index in [9.17, 15) is 9.59 Å². The number of anilines is 1. The Kier molecular flexibility index (Phi) is 4.99. The van der Waals surface area contributed by atoms with E-state index >= 15 is 0 Å². The maximum Gasteiger partial charge on any atom is 0.263 e. The average molecular weight is 382 g/mol. The number of carbonyl (C=O) groups excluding carboxylic acids is 1. The fraction of sp³-hybridized carbons (Fsp3) is 0.0435. The molecule has 0 atom stereocenters. The van der Waals surface area contributed by atoms with Gasteiger partial charge in [-0.15, -0.1) is 0 Å². The van der Waals surface area contributed by atoms with E-state index in [4.69, 9.17) is 0 Å². The van der Waals surface area contributed by atoms with Crippen molar-refractivity contribution >= 4 is 11.6 Å². The lowest BCUT2D eigenvalue weighted by molar-refractivity contribution is -0.114. The fourth-order valence-corrected chi connectivity index (χ4v) is 3.12. The number of pyridine rings is 3. The Balaban J connectivity index is 1.94. The molecule has 1 N–H and O–H groups in total. The zero-order valence-corrected chi connectivity index (χ0v) is 15.7. The molecule has 0 spiro atoms. The van der Waals surface area contributed by atoms with Gasteiger partial charge in [-0.3, -0.25) is 24.1 Å². The van der Waals surface area contributed by atoms with E-state index in [0.717, 1.165) is 11.3 Å². The number of hydrogen-bond donors (Lipinski definition) is 1. The summed E-state index contributed by atoms with van der Waals surface area (Å²) in [5.41, 5.74) is 3.87. The van der Waals surface area contributed by atoms with Crippen LogP contribution in [0.3, 0.4) is 0 Å². The van der Waals surface area contributed by atoms with Crippen LogP contribution in [-0.2, 0) is 4.79 Å². The number of nitrogens with zero attached hydrogens (tertiary/aromatic N) is 3. The van der Waals surface area contributed by atoms with Gasteiger partial charge in [-0.1, -0.05) is 18.2 Å². The van der Waals surface area contributed by atoms with E-state index in [-0.39, 0.29) is 11.5 Å². The van der Waals surface area contributed by atoms with Gasteiger partial charge in [0.25, 0.3) is 5.56 Å². The Bertz CT molecular complexity index is 1220. The van der Waals surface area contributed by atoms with Crippen LogP contribution in [0.15, 0.2) is 90.2 Å². The third-order valence-electron chi connectivity index (χ3n) is 4.40. The van der Waals surface area contributed by atoms with E-state index in [1.807, 2.05) is 42.5 Å². The van der Waals surface area contributed by atoms with Gasteiger partial charge in [-0.05, 0) is 48.0 Å². The van der Waals surface area contributed by atoms with E-state index in [1.165, 1.54) is 6.92 Å². The fourth-order valence-electron chi connectivity index (χ4n) is 3.12. The first-order valence-electron chi connectivity index (χ1n) is 9.08. The Hall–Kier alpha value is -4.06. The van der Waals surface area contributed by atoms with Crippen molar-refractivity contribution in [3.8, 4) is 28.1 Å². The Morgan fingerprint density at radius 2 is 1.86 bits per heavy atom. The van der Waals surface area contributed by atoms with Crippen molar-refractivity contribution in [1.29, 1.82) is 0 Å². The molecule has 1 amide bonds. The summed E-state index contributed by atoms with van der Waals surface area (Å²) in [6.07, 6.45) is 6.78. The first kappa shape index (κ1) is 18.3. The highest BCUT2D eigenvalue weighted by molar-refractivity contribution is 5.89. The van der Waals surface area contributed by atoms with Crippen LogP contribution in [0.2, 0.25) is 0 Å². The highest BCUT2D eigenvalue weighted by Gasteiger charge is 2.13. The molecule has 4 aromatic rings. The molecule has 1 aromatic carbocycles. The molecule has 0 saturated heterocycles. The molecule has 4 rings (SSSR count). The molecule has 6 heteroatoms. The van der Waals surface area contributed by atoms with Gasteiger partial charge in [0.05, 0.1) is 17.6 Å². The summed E-state index contributed by atoms with van der Waals surface area (Å²) >= 11 is 0. The van der Waals surface area contributed by atoms with Gasteiger partial charge in [0.2, 0.25) is 5.91 Å². The van der Waals surface area contributed by atoms with Gasteiger partial charge >= 0.3 is 0 Å². The molecular weight excluding hydrogens is 364 g/mol. The summed E-state index contributed by atoms with van der Waals surface area (Å²) in [5, 5.41) is 2.76. The normalized spacial score (nSPS) is 10.5. The van der Waals surface area contributed by atoms with Crippen molar-refractivity contribution in [1.82, 2.24) is 14.5 Å². The summed E-state index contributed by atoms with van der Waals surface area (Å²) < 4.78 is 1.57. The minimum absolute atomic E-state index is 0.169. The van der Waals surface area contributed by atoms with Gasteiger partial charge in [-0.2, -0.15) is 0 Å². The maximum absolute atomic E-state index is 13.3. The second-order valence-electron chi connectivity index (χ2n) is 6.51. The summed E-state index contributed by atoms with van der Waals surface area (Å²) in [5.74, 6) is -0.169. The molecule has 0 bridgehead atoms. The molecule has 0 saturated carbocycles. The number of amides is 1. The van der Waals surface area contributed by atoms with Gasteiger partial charge in [0, 0.05) is 42.3 Å². The molecule has 3 aromatic heterocycles. The Morgan fingerprint density at radius 1 is 0.966 bits per heavy atom. The molecular formula is C23H18N4O2. The molecule has 0 fully saturated rings. The highest BCUT2D eigenvalue weighted by Crippen LogP contribution is 2.25. The van der Waals surface area contributed by atoms with Crippen LogP contribution in [0.5, 0.6) is 0 Å². The molecule has 0 unspecified atom stereocenters. The predicted octanol–water partition coefficient (Wildman–Crippen LogP) is 3.92. The van der Waals surface area contributed by atoms with Crippen LogP contribution < -0.4 is 10.9 Å². The van der Waals surface area contributed by atoms with E-state index < -0.39 is 0 Å². The number of nitrogens with one attached hydrogen (secondary N) is 1. The summed E-state index contributed by atoms with van der Waals surface area (Å²) in [7, 11) is 0. The van der Waals surface area contributed by atoms with Crippen molar-refractivity contribution < 1.29 is 4.79 Å². The van der Waals surface area contributed by atoms with Crippen molar-refractivity contribution in [2.45, 2.75) is 6.92 Å². The number of hydrogen-bond acceptors (Lipinski definition) is 4. The van der Waals surface area contributed by atoms with Gasteiger partial charge < -0.3 is 5.32 Å². The minimum atomic E-state index is -0.183. The Morgan fingerprint density at radius 3 is 2.59 bits per heavy atom. The monoisotopic (exact) mass is 382 g/mol. The van der Waals surface area contributed by atoms with Crippen molar-refractivity contribution in [2.75, 3.05) is 5.32 Å². The zero-order valence-electron chi connectivity index (χ0n) is 15.7. The zero-order chi connectivity index (χ0) is 20.2. The topological polar surface area (TPSA) is 76.9 Å². The Labute approximate surface area is 167 Å².